The molecule has 0 atom stereocenters. The van der Waals surface area contributed by atoms with Crippen molar-refractivity contribution in [1.82, 2.24) is 9.97 Å². The summed E-state index contributed by atoms with van der Waals surface area (Å²) in [5, 5.41) is 16.6. The van der Waals surface area contributed by atoms with Gasteiger partial charge < -0.3 is 10.6 Å². The van der Waals surface area contributed by atoms with E-state index in [-0.39, 0.29) is 17.3 Å². The van der Waals surface area contributed by atoms with E-state index in [1.807, 2.05) is 19.9 Å². The molecule has 3 aromatic rings. The molecule has 0 amide bonds. The molecule has 0 aliphatic heterocycles. The van der Waals surface area contributed by atoms with E-state index in [0.717, 1.165) is 29.6 Å². The number of hydrogen-bond donors (Lipinski definition) is 2. The van der Waals surface area contributed by atoms with Crippen LogP contribution in [-0.2, 0) is 6.18 Å². The number of anilines is 4. The summed E-state index contributed by atoms with van der Waals surface area (Å²) in [6.45, 7) is 3.82. The molecule has 0 saturated heterocycles. The second-order valence-electron chi connectivity index (χ2n) is 6.42. The van der Waals surface area contributed by atoms with Crippen molar-refractivity contribution in [3.63, 3.8) is 0 Å². The molecule has 2 N–H and O–H groups in total. The largest absolute Gasteiger partial charge is 0.417 e. The van der Waals surface area contributed by atoms with Crippen molar-refractivity contribution < 1.29 is 18.1 Å². The van der Waals surface area contributed by atoms with Gasteiger partial charge in [-0.15, -0.1) is 0 Å². The van der Waals surface area contributed by atoms with Gasteiger partial charge in [-0.25, -0.2) is 9.97 Å². The molecule has 2 aromatic carbocycles. The molecule has 0 bridgehead atoms. The second-order valence-corrected chi connectivity index (χ2v) is 6.83. The quantitative estimate of drug-likeness (QED) is 0.366. The number of hydrogen-bond acceptors (Lipinski definition) is 6. The fourth-order valence-electron chi connectivity index (χ4n) is 2.65. The van der Waals surface area contributed by atoms with E-state index in [0.29, 0.717) is 5.69 Å². The molecular weight excluding hydrogens is 423 g/mol. The van der Waals surface area contributed by atoms with Crippen molar-refractivity contribution in [3.05, 3.63) is 74.6 Å². The third-order valence-corrected chi connectivity index (χ3v) is 4.64. The zero-order chi connectivity index (χ0) is 22.1. The van der Waals surface area contributed by atoms with Crippen LogP contribution in [0.2, 0.25) is 5.02 Å². The lowest BCUT2D eigenvalue weighted by Gasteiger charge is -2.13. The topological polar surface area (TPSA) is 93.0 Å². The van der Waals surface area contributed by atoms with Crippen LogP contribution in [0.4, 0.5) is 41.9 Å². The number of nitro groups is 1. The Morgan fingerprint density at radius 1 is 0.967 bits per heavy atom. The van der Waals surface area contributed by atoms with Crippen LogP contribution in [0.15, 0.2) is 42.7 Å². The Morgan fingerprint density at radius 2 is 1.53 bits per heavy atom. The van der Waals surface area contributed by atoms with Crippen LogP contribution in [0.1, 0.15) is 16.7 Å². The molecule has 11 heteroatoms. The second kappa shape index (κ2) is 8.15. The van der Waals surface area contributed by atoms with Crippen LogP contribution in [0, 0.1) is 24.0 Å². The summed E-state index contributed by atoms with van der Waals surface area (Å²) in [6.07, 6.45) is -3.61. The van der Waals surface area contributed by atoms with Crippen LogP contribution in [0.5, 0.6) is 0 Å². The SMILES string of the molecule is Cc1ccc(Nc2ncnc(Nc3ccc(Cl)c(C(F)(F)F)c3)c2[N+](=O)[O-])cc1C. The highest BCUT2D eigenvalue weighted by Crippen LogP contribution is 2.38. The Balaban J connectivity index is 1.99. The summed E-state index contributed by atoms with van der Waals surface area (Å²) in [4.78, 5) is 18.7. The highest BCUT2D eigenvalue weighted by atomic mass is 35.5. The molecule has 0 saturated carbocycles. The Kier molecular flexibility index (Phi) is 5.79. The molecular formula is C19H15ClF3N5O2. The van der Waals surface area contributed by atoms with Gasteiger partial charge in [0, 0.05) is 11.4 Å². The number of halogens is 4. The minimum absolute atomic E-state index is 0.0642. The van der Waals surface area contributed by atoms with Gasteiger partial charge in [0.1, 0.15) is 6.33 Å². The molecule has 1 heterocycles. The van der Waals surface area contributed by atoms with Crippen molar-refractivity contribution in [2.24, 2.45) is 0 Å². The first-order valence-corrected chi connectivity index (χ1v) is 8.91. The van der Waals surface area contributed by atoms with Gasteiger partial charge >= 0.3 is 11.9 Å². The molecule has 0 aliphatic carbocycles. The predicted molar refractivity (Wildman–Crippen MR) is 108 cm³/mol. The normalized spacial score (nSPS) is 11.3. The average Bonchev–Trinajstić information content (AvgIpc) is 2.65. The van der Waals surface area contributed by atoms with E-state index in [2.05, 4.69) is 20.6 Å². The first kappa shape index (κ1) is 21.3. The summed E-state index contributed by atoms with van der Waals surface area (Å²) in [7, 11) is 0. The molecule has 3 rings (SSSR count). The van der Waals surface area contributed by atoms with E-state index in [9.17, 15) is 23.3 Å². The maximum absolute atomic E-state index is 13.1. The minimum Gasteiger partial charge on any atom is -0.334 e. The first-order valence-electron chi connectivity index (χ1n) is 8.53. The number of benzene rings is 2. The molecule has 0 unspecified atom stereocenters. The predicted octanol–water partition coefficient (Wildman–Crippen LogP) is 6.16. The number of aromatic nitrogens is 2. The molecule has 0 aliphatic rings. The number of aryl methyl sites for hydroxylation is 2. The van der Waals surface area contributed by atoms with Crippen molar-refractivity contribution in [2.75, 3.05) is 10.6 Å². The molecule has 0 radical (unpaired) electrons. The van der Waals surface area contributed by atoms with E-state index < -0.39 is 27.4 Å². The molecule has 30 heavy (non-hydrogen) atoms. The maximum Gasteiger partial charge on any atom is 0.417 e. The van der Waals surface area contributed by atoms with Gasteiger partial charge in [-0.1, -0.05) is 17.7 Å². The highest BCUT2D eigenvalue weighted by Gasteiger charge is 2.33. The van der Waals surface area contributed by atoms with Crippen LogP contribution in [-0.4, -0.2) is 14.9 Å². The highest BCUT2D eigenvalue weighted by molar-refractivity contribution is 6.31. The first-order chi connectivity index (χ1) is 14.1. The zero-order valence-electron chi connectivity index (χ0n) is 15.7. The minimum atomic E-state index is -4.68. The van der Waals surface area contributed by atoms with Crippen molar-refractivity contribution >= 4 is 40.3 Å². The lowest BCUT2D eigenvalue weighted by Crippen LogP contribution is -2.08. The van der Waals surface area contributed by atoms with Crippen LogP contribution in [0.3, 0.4) is 0 Å². The number of nitrogens with one attached hydrogen (secondary N) is 2. The number of nitrogens with zero attached hydrogens (tertiary/aromatic N) is 3. The summed E-state index contributed by atoms with van der Waals surface area (Å²) in [5.41, 5.74) is 0.931. The van der Waals surface area contributed by atoms with Gasteiger partial charge in [0.15, 0.2) is 0 Å². The van der Waals surface area contributed by atoms with Crippen molar-refractivity contribution in [2.45, 2.75) is 20.0 Å². The fourth-order valence-corrected chi connectivity index (χ4v) is 2.87. The van der Waals surface area contributed by atoms with Crippen LogP contribution < -0.4 is 10.6 Å². The number of alkyl halides is 3. The monoisotopic (exact) mass is 437 g/mol. The van der Waals surface area contributed by atoms with Gasteiger partial charge in [0.2, 0.25) is 11.6 Å². The van der Waals surface area contributed by atoms with Gasteiger partial charge in [-0.2, -0.15) is 13.2 Å². The van der Waals surface area contributed by atoms with Crippen molar-refractivity contribution in [1.29, 1.82) is 0 Å². The van der Waals surface area contributed by atoms with Gasteiger partial charge in [0.05, 0.1) is 15.5 Å². The smallest absolute Gasteiger partial charge is 0.334 e. The van der Waals surface area contributed by atoms with E-state index in [1.165, 1.54) is 6.07 Å². The Hall–Kier alpha value is -3.40. The van der Waals surface area contributed by atoms with E-state index >= 15 is 0 Å². The van der Waals surface area contributed by atoms with Crippen LogP contribution in [0.25, 0.3) is 0 Å². The Bertz CT molecular complexity index is 1120. The lowest BCUT2D eigenvalue weighted by atomic mass is 10.1. The Labute approximate surface area is 174 Å². The zero-order valence-corrected chi connectivity index (χ0v) is 16.5. The molecule has 0 fully saturated rings. The average molecular weight is 438 g/mol. The summed E-state index contributed by atoms with van der Waals surface area (Å²) in [5.74, 6) is -0.373. The summed E-state index contributed by atoms with van der Waals surface area (Å²) < 4.78 is 39.3. The van der Waals surface area contributed by atoms with Gasteiger partial charge in [-0.3, -0.25) is 10.1 Å². The third-order valence-electron chi connectivity index (χ3n) is 4.31. The maximum atomic E-state index is 13.1. The Morgan fingerprint density at radius 3 is 2.07 bits per heavy atom. The van der Waals surface area contributed by atoms with E-state index in [4.69, 9.17) is 11.6 Å². The molecule has 7 nitrogen and oxygen atoms in total. The summed E-state index contributed by atoms with van der Waals surface area (Å²) in [6, 6.07) is 8.44. The molecule has 156 valence electrons. The molecule has 0 spiro atoms. The molecule has 1 aromatic heterocycles. The fraction of sp³-hybridized carbons (Fsp3) is 0.158. The third kappa shape index (κ3) is 4.60. The lowest BCUT2D eigenvalue weighted by molar-refractivity contribution is -0.383. The number of rotatable bonds is 5. The van der Waals surface area contributed by atoms with Crippen molar-refractivity contribution in [3.8, 4) is 0 Å². The van der Waals surface area contributed by atoms with E-state index in [1.54, 1.807) is 12.1 Å². The summed E-state index contributed by atoms with van der Waals surface area (Å²) >= 11 is 5.61. The van der Waals surface area contributed by atoms with Gasteiger partial charge in [-0.05, 0) is 55.3 Å². The van der Waals surface area contributed by atoms with Crippen LogP contribution >= 0.6 is 11.6 Å². The van der Waals surface area contributed by atoms with Gasteiger partial charge in [0.25, 0.3) is 0 Å². The standard InChI is InChI=1S/C19H15ClF3N5O2/c1-10-3-4-12(7-11(10)2)26-17-16(28(29)30)18(25-9-24-17)27-13-5-6-15(20)14(8-13)19(21,22)23/h3-9H,1-2H3,(H2,24,25,26,27).